The molecule has 1 aliphatic rings. The second kappa shape index (κ2) is 7.11. The molecule has 0 aromatic heterocycles. The lowest BCUT2D eigenvalue weighted by molar-refractivity contribution is -0.144. The van der Waals surface area contributed by atoms with Crippen LogP contribution in [-0.4, -0.2) is 30.1 Å². The first-order valence-corrected chi connectivity index (χ1v) is 7.29. The van der Waals surface area contributed by atoms with E-state index in [0.717, 1.165) is 25.7 Å². The lowest BCUT2D eigenvalue weighted by atomic mass is 9.83. The lowest BCUT2D eigenvalue weighted by Gasteiger charge is -2.29. The van der Waals surface area contributed by atoms with E-state index in [1.54, 1.807) is 12.1 Å². The Morgan fingerprint density at radius 3 is 2.62 bits per heavy atom. The minimum atomic E-state index is -0.620. The van der Waals surface area contributed by atoms with Crippen molar-refractivity contribution >= 4 is 11.9 Å². The zero-order valence-electron chi connectivity index (χ0n) is 12.2. The number of phenolic OH excluding ortho intramolecular Hbond substituents is 1. The highest BCUT2D eigenvalue weighted by molar-refractivity contribution is 5.97. The van der Waals surface area contributed by atoms with Crippen LogP contribution in [0.15, 0.2) is 24.3 Å². The van der Waals surface area contributed by atoms with Crippen molar-refractivity contribution in [2.24, 2.45) is 5.92 Å². The molecule has 5 heteroatoms. The van der Waals surface area contributed by atoms with E-state index in [4.69, 9.17) is 4.74 Å². The van der Waals surface area contributed by atoms with Gasteiger partial charge in [0, 0.05) is 5.56 Å². The van der Waals surface area contributed by atoms with E-state index < -0.39 is 12.0 Å². The summed E-state index contributed by atoms with van der Waals surface area (Å²) < 4.78 is 4.82. The maximum absolute atomic E-state index is 12.2. The van der Waals surface area contributed by atoms with Crippen molar-refractivity contribution in [2.75, 3.05) is 7.11 Å². The maximum atomic E-state index is 12.2. The molecule has 1 fully saturated rings. The number of hydrogen-bond acceptors (Lipinski definition) is 4. The zero-order chi connectivity index (χ0) is 15.2. The fourth-order valence-corrected chi connectivity index (χ4v) is 2.84. The van der Waals surface area contributed by atoms with E-state index in [1.165, 1.54) is 25.7 Å². The first-order chi connectivity index (χ1) is 10.1. The first kappa shape index (κ1) is 15.4. The third-order valence-electron chi connectivity index (χ3n) is 3.97. The van der Waals surface area contributed by atoms with Crippen LogP contribution in [0.4, 0.5) is 0 Å². The molecule has 114 valence electrons. The molecule has 5 nitrogen and oxygen atoms in total. The van der Waals surface area contributed by atoms with E-state index >= 15 is 0 Å². The predicted molar refractivity (Wildman–Crippen MR) is 78.0 cm³/mol. The van der Waals surface area contributed by atoms with Gasteiger partial charge in [0.1, 0.15) is 11.8 Å². The molecule has 1 amide bonds. The van der Waals surface area contributed by atoms with E-state index in [9.17, 15) is 14.7 Å². The van der Waals surface area contributed by atoms with Crippen molar-refractivity contribution < 1.29 is 19.4 Å². The molecule has 0 saturated heterocycles. The van der Waals surface area contributed by atoms with Gasteiger partial charge in [0.25, 0.3) is 5.91 Å². The fourth-order valence-electron chi connectivity index (χ4n) is 2.84. The molecule has 1 atom stereocenters. The quantitative estimate of drug-likeness (QED) is 0.834. The standard InChI is InChI=1S/C16H21NO4/c1-21-16(20)14(11-6-3-2-4-7-11)17-15(19)12-8-5-9-13(18)10-12/h5,8-11,14,18H,2-4,6-7H2,1H3,(H,17,19)/t14-/m0/s1. The number of amides is 1. The van der Waals surface area contributed by atoms with Crippen molar-refractivity contribution in [1.82, 2.24) is 5.32 Å². The Morgan fingerprint density at radius 2 is 2.00 bits per heavy atom. The second-order valence-electron chi connectivity index (χ2n) is 5.42. The largest absolute Gasteiger partial charge is 0.508 e. The van der Waals surface area contributed by atoms with Gasteiger partial charge >= 0.3 is 5.97 Å². The van der Waals surface area contributed by atoms with Gasteiger partial charge in [-0.15, -0.1) is 0 Å². The van der Waals surface area contributed by atoms with E-state index in [2.05, 4.69) is 5.32 Å². The van der Waals surface area contributed by atoms with Gasteiger partial charge in [-0.25, -0.2) is 4.79 Å². The molecule has 0 unspecified atom stereocenters. The van der Waals surface area contributed by atoms with Gasteiger partial charge in [-0.05, 0) is 37.0 Å². The summed E-state index contributed by atoms with van der Waals surface area (Å²) in [5.41, 5.74) is 0.333. The number of carbonyl (C=O) groups excluding carboxylic acids is 2. The van der Waals surface area contributed by atoms with Crippen molar-refractivity contribution in [3.05, 3.63) is 29.8 Å². The summed E-state index contributed by atoms with van der Waals surface area (Å²) in [5.74, 6) is -0.635. The van der Waals surface area contributed by atoms with Gasteiger partial charge in [0.05, 0.1) is 7.11 Å². The molecule has 1 aliphatic carbocycles. The number of nitrogens with one attached hydrogen (secondary N) is 1. The molecular weight excluding hydrogens is 270 g/mol. The zero-order valence-corrected chi connectivity index (χ0v) is 12.2. The minimum absolute atomic E-state index is 0.0231. The van der Waals surface area contributed by atoms with Crippen molar-refractivity contribution in [3.8, 4) is 5.75 Å². The predicted octanol–water partition coefficient (Wildman–Crippen LogP) is 2.24. The molecule has 0 heterocycles. The van der Waals surface area contributed by atoms with E-state index in [-0.39, 0.29) is 17.6 Å². The fraction of sp³-hybridized carbons (Fsp3) is 0.500. The van der Waals surface area contributed by atoms with Crippen molar-refractivity contribution in [1.29, 1.82) is 0 Å². The number of ether oxygens (including phenoxy) is 1. The Morgan fingerprint density at radius 1 is 1.29 bits per heavy atom. The molecule has 0 bridgehead atoms. The number of methoxy groups -OCH3 is 1. The number of benzene rings is 1. The van der Waals surface area contributed by atoms with Crippen LogP contribution in [0.3, 0.4) is 0 Å². The number of esters is 1. The number of rotatable bonds is 4. The summed E-state index contributed by atoms with van der Waals surface area (Å²) in [4.78, 5) is 24.2. The van der Waals surface area contributed by atoms with Crippen LogP contribution in [0.1, 0.15) is 42.5 Å². The smallest absolute Gasteiger partial charge is 0.328 e. The third-order valence-corrected chi connectivity index (χ3v) is 3.97. The Hall–Kier alpha value is -2.04. The summed E-state index contributed by atoms with van der Waals surface area (Å²) in [6.07, 6.45) is 5.14. The topological polar surface area (TPSA) is 75.6 Å². The Kier molecular flexibility index (Phi) is 5.20. The molecule has 2 N–H and O–H groups in total. The van der Waals surface area contributed by atoms with Crippen LogP contribution < -0.4 is 5.32 Å². The molecule has 0 spiro atoms. The first-order valence-electron chi connectivity index (χ1n) is 7.29. The molecule has 2 rings (SSSR count). The van der Waals surface area contributed by atoms with E-state index in [1.807, 2.05) is 0 Å². The van der Waals surface area contributed by atoms with E-state index in [0.29, 0.717) is 5.56 Å². The average Bonchev–Trinajstić information content (AvgIpc) is 2.52. The van der Waals surface area contributed by atoms with Gasteiger partial charge in [-0.1, -0.05) is 25.3 Å². The maximum Gasteiger partial charge on any atom is 0.328 e. The molecule has 1 saturated carbocycles. The summed E-state index contributed by atoms with van der Waals surface area (Å²) >= 11 is 0. The second-order valence-corrected chi connectivity index (χ2v) is 5.42. The molecule has 1 aromatic carbocycles. The summed E-state index contributed by atoms with van der Waals surface area (Å²) in [5, 5.41) is 12.2. The van der Waals surface area contributed by atoms with Crippen LogP contribution in [0.25, 0.3) is 0 Å². The average molecular weight is 291 g/mol. The number of hydrogen-bond donors (Lipinski definition) is 2. The Labute approximate surface area is 124 Å². The van der Waals surface area contributed by atoms with Crippen LogP contribution in [0, 0.1) is 5.92 Å². The molecule has 0 aliphatic heterocycles. The Bertz CT molecular complexity index is 509. The van der Waals surface area contributed by atoms with Crippen LogP contribution >= 0.6 is 0 Å². The molecule has 1 aromatic rings. The summed E-state index contributed by atoms with van der Waals surface area (Å²) in [6, 6.07) is 5.45. The molecule has 0 radical (unpaired) electrons. The lowest BCUT2D eigenvalue weighted by Crippen LogP contribution is -2.47. The molecular formula is C16H21NO4. The van der Waals surface area contributed by atoms with Gasteiger partial charge in [0.15, 0.2) is 0 Å². The highest BCUT2D eigenvalue weighted by atomic mass is 16.5. The van der Waals surface area contributed by atoms with Crippen molar-refractivity contribution in [2.45, 2.75) is 38.1 Å². The monoisotopic (exact) mass is 291 g/mol. The normalized spacial score (nSPS) is 17.0. The third kappa shape index (κ3) is 3.97. The minimum Gasteiger partial charge on any atom is -0.508 e. The van der Waals surface area contributed by atoms with Gasteiger partial charge < -0.3 is 15.2 Å². The van der Waals surface area contributed by atoms with Gasteiger partial charge in [-0.3, -0.25) is 4.79 Å². The highest BCUT2D eigenvalue weighted by Crippen LogP contribution is 2.27. The SMILES string of the molecule is COC(=O)[C@@H](NC(=O)c1cccc(O)c1)C1CCCCC1. The van der Waals surface area contributed by atoms with Gasteiger partial charge in [-0.2, -0.15) is 0 Å². The Balaban J connectivity index is 2.10. The molecule has 21 heavy (non-hydrogen) atoms. The van der Waals surface area contributed by atoms with Crippen molar-refractivity contribution in [3.63, 3.8) is 0 Å². The van der Waals surface area contributed by atoms with Crippen LogP contribution in [0.5, 0.6) is 5.75 Å². The van der Waals surface area contributed by atoms with Gasteiger partial charge in [0.2, 0.25) is 0 Å². The summed E-state index contributed by atoms with van der Waals surface area (Å²) in [7, 11) is 1.33. The number of phenols is 1. The van der Waals surface area contributed by atoms with Crippen LogP contribution in [0.2, 0.25) is 0 Å². The number of carbonyl (C=O) groups is 2. The highest BCUT2D eigenvalue weighted by Gasteiger charge is 2.31. The summed E-state index contributed by atoms with van der Waals surface area (Å²) in [6.45, 7) is 0. The van der Waals surface area contributed by atoms with Crippen LogP contribution in [-0.2, 0) is 9.53 Å². The number of aromatic hydroxyl groups is 1.